The summed E-state index contributed by atoms with van der Waals surface area (Å²) in [6.45, 7) is 10.1. The number of nitrogens with zero attached hydrogens (tertiary/aromatic N) is 1. The van der Waals surface area contributed by atoms with Crippen LogP contribution in [-0.4, -0.2) is 35.1 Å². The van der Waals surface area contributed by atoms with Crippen molar-refractivity contribution in [1.82, 2.24) is 9.88 Å². The highest BCUT2D eigenvalue weighted by Crippen LogP contribution is 2.46. The van der Waals surface area contributed by atoms with E-state index in [1.165, 1.54) is 27.6 Å². The Labute approximate surface area is 139 Å². The number of fused-ring (bicyclic) bond motifs is 2. The van der Waals surface area contributed by atoms with Gasteiger partial charge in [0.2, 0.25) is 0 Å². The zero-order valence-electron chi connectivity index (χ0n) is 15.0. The Kier molecular flexibility index (Phi) is 3.05. The van der Waals surface area contributed by atoms with Gasteiger partial charge in [0.15, 0.2) is 0 Å². The highest BCUT2D eigenvalue weighted by atomic mass is 15.2. The Balaban J connectivity index is 1.93. The molecule has 23 heavy (non-hydrogen) atoms. The molecule has 3 heteroatoms. The van der Waals surface area contributed by atoms with Crippen LogP contribution in [0.4, 0.5) is 0 Å². The summed E-state index contributed by atoms with van der Waals surface area (Å²) in [4.78, 5) is 6.01. The fourth-order valence-electron chi connectivity index (χ4n) is 4.80. The van der Waals surface area contributed by atoms with E-state index in [1.54, 1.807) is 0 Å². The van der Waals surface area contributed by atoms with Gasteiger partial charge in [0.25, 0.3) is 0 Å². The molecule has 4 rings (SSSR count). The summed E-state index contributed by atoms with van der Waals surface area (Å²) in [6, 6.07) is 5.39. The van der Waals surface area contributed by atoms with Gasteiger partial charge in [-0.25, -0.2) is 0 Å². The van der Waals surface area contributed by atoms with Crippen LogP contribution in [-0.2, 0) is 11.8 Å². The molecule has 0 amide bonds. The summed E-state index contributed by atoms with van der Waals surface area (Å²) in [5.41, 5.74) is 12.3. The molecule has 0 radical (unpaired) electrons. The van der Waals surface area contributed by atoms with E-state index in [1.807, 2.05) is 0 Å². The van der Waals surface area contributed by atoms with E-state index in [0.29, 0.717) is 12.0 Å². The van der Waals surface area contributed by atoms with Gasteiger partial charge in [-0.3, -0.25) is 0 Å². The number of likely N-dealkylation sites (N-methyl/N-ethyl adjacent to an activating group) is 1. The molecule has 2 aromatic rings. The first-order chi connectivity index (χ1) is 10.7. The molecule has 124 valence electrons. The molecular weight excluding hydrogens is 282 g/mol. The van der Waals surface area contributed by atoms with Crippen molar-refractivity contribution in [2.45, 2.75) is 63.5 Å². The number of hydrogen-bond acceptors (Lipinski definition) is 2. The Bertz CT molecular complexity index is 763. The van der Waals surface area contributed by atoms with Crippen molar-refractivity contribution in [3.63, 3.8) is 0 Å². The van der Waals surface area contributed by atoms with Crippen LogP contribution < -0.4 is 5.73 Å². The lowest BCUT2D eigenvalue weighted by Crippen LogP contribution is -2.58. The number of benzene rings is 1. The van der Waals surface area contributed by atoms with E-state index in [4.69, 9.17) is 5.73 Å². The SMILES string of the molecule is CN1C[C@](C)(N)CC2c3cc(C(C)(C)C)cc4[nH]cc(c34)C[C@H]21. The highest BCUT2D eigenvalue weighted by Gasteiger charge is 2.43. The summed E-state index contributed by atoms with van der Waals surface area (Å²) in [5.74, 6) is 0.539. The molecule has 2 aliphatic rings. The fourth-order valence-corrected chi connectivity index (χ4v) is 4.80. The number of rotatable bonds is 0. The van der Waals surface area contributed by atoms with Crippen LogP contribution in [0.3, 0.4) is 0 Å². The third-order valence-corrected chi connectivity index (χ3v) is 5.91. The minimum absolute atomic E-state index is 0.103. The zero-order valence-corrected chi connectivity index (χ0v) is 15.0. The molecule has 3 atom stereocenters. The van der Waals surface area contributed by atoms with Gasteiger partial charge in [-0.2, -0.15) is 0 Å². The van der Waals surface area contributed by atoms with Crippen molar-refractivity contribution in [2.75, 3.05) is 13.6 Å². The number of hydrogen-bond donors (Lipinski definition) is 2. The molecule has 1 unspecified atom stereocenters. The van der Waals surface area contributed by atoms with E-state index >= 15 is 0 Å². The molecule has 0 bridgehead atoms. The summed E-state index contributed by atoms with van der Waals surface area (Å²) in [6.07, 6.45) is 4.44. The van der Waals surface area contributed by atoms with Crippen molar-refractivity contribution >= 4 is 10.9 Å². The quantitative estimate of drug-likeness (QED) is 0.782. The molecule has 1 aliphatic carbocycles. The average molecular weight is 311 g/mol. The Hall–Kier alpha value is -1.32. The second-order valence-corrected chi connectivity index (χ2v) is 9.20. The molecule has 2 heterocycles. The fraction of sp³-hybridized carbons (Fsp3) is 0.600. The third kappa shape index (κ3) is 2.33. The van der Waals surface area contributed by atoms with Gasteiger partial charge in [0.05, 0.1) is 0 Å². The first-order valence-corrected chi connectivity index (χ1v) is 8.79. The lowest BCUT2D eigenvalue weighted by molar-refractivity contribution is 0.101. The van der Waals surface area contributed by atoms with E-state index in [9.17, 15) is 0 Å². The van der Waals surface area contributed by atoms with E-state index in [-0.39, 0.29) is 11.0 Å². The maximum absolute atomic E-state index is 6.57. The van der Waals surface area contributed by atoms with Gasteiger partial charge in [-0.15, -0.1) is 0 Å². The summed E-state index contributed by atoms with van der Waals surface area (Å²) >= 11 is 0. The van der Waals surface area contributed by atoms with Gasteiger partial charge >= 0.3 is 0 Å². The highest BCUT2D eigenvalue weighted by molar-refractivity contribution is 5.89. The maximum Gasteiger partial charge on any atom is 0.0462 e. The zero-order chi connectivity index (χ0) is 16.6. The van der Waals surface area contributed by atoms with Crippen molar-refractivity contribution in [3.8, 4) is 0 Å². The molecular formula is C20H29N3. The topological polar surface area (TPSA) is 45.0 Å². The van der Waals surface area contributed by atoms with E-state index in [0.717, 1.165) is 19.4 Å². The van der Waals surface area contributed by atoms with Crippen LogP contribution >= 0.6 is 0 Å². The first-order valence-electron chi connectivity index (χ1n) is 8.79. The number of nitrogens with two attached hydrogens (primary N) is 1. The van der Waals surface area contributed by atoms with E-state index in [2.05, 4.69) is 63.0 Å². The predicted octanol–water partition coefficient (Wildman–Crippen LogP) is 3.53. The van der Waals surface area contributed by atoms with Crippen molar-refractivity contribution in [2.24, 2.45) is 5.73 Å². The monoisotopic (exact) mass is 311 g/mol. The molecule has 1 fully saturated rings. The van der Waals surface area contributed by atoms with Crippen LogP contribution in [0.25, 0.3) is 10.9 Å². The van der Waals surface area contributed by atoms with Gasteiger partial charge < -0.3 is 15.6 Å². The lowest BCUT2D eigenvalue weighted by Gasteiger charge is -2.49. The second-order valence-electron chi connectivity index (χ2n) is 9.20. The Morgan fingerprint density at radius 3 is 2.74 bits per heavy atom. The van der Waals surface area contributed by atoms with Crippen LogP contribution in [0.15, 0.2) is 18.3 Å². The molecule has 0 saturated carbocycles. The van der Waals surface area contributed by atoms with Crippen LogP contribution in [0.2, 0.25) is 0 Å². The van der Waals surface area contributed by atoms with Gasteiger partial charge in [-0.05, 0) is 55.0 Å². The average Bonchev–Trinajstić information content (AvgIpc) is 2.82. The molecule has 3 N–H and O–H groups in total. The van der Waals surface area contributed by atoms with Crippen molar-refractivity contribution in [3.05, 3.63) is 35.0 Å². The van der Waals surface area contributed by atoms with Crippen LogP contribution in [0.1, 0.15) is 56.7 Å². The largest absolute Gasteiger partial charge is 0.361 e. The lowest BCUT2D eigenvalue weighted by atomic mass is 9.69. The van der Waals surface area contributed by atoms with Crippen molar-refractivity contribution in [1.29, 1.82) is 0 Å². The third-order valence-electron chi connectivity index (χ3n) is 5.91. The van der Waals surface area contributed by atoms with Crippen LogP contribution in [0.5, 0.6) is 0 Å². The van der Waals surface area contributed by atoms with Crippen LogP contribution in [0, 0.1) is 0 Å². The Morgan fingerprint density at radius 2 is 2.04 bits per heavy atom. The molecule has 1 aliphatic heterocycles. The number of likely N-dealkylation sites (tertiary alicyclic amines) is 1. The number of aromatic amines is 1. The maximum atomic E-state index is 6.57. The first kappa shape index (κ1) is 15.2. The minimum Gasteiger partial charge on any atom is -0.361 e. The van der Waals surface area contributed by atoms with Gasteiger partial charge in [-0.1, -0.05) is 26.8 Å². The molecule has 3 nitrogen and oxygen atoms in total. The summed E-state index contributed by atoms with van der Waals surface area (Å²) < 4.78 is 0. The minimum atomic E-state index is -0.103. The van der Waals surface area contributed by atoms with Crippen molar-refractivity contribution < 1.29 is 0 Å². The number of piperidine rings is 1. The Morgan fingerprint density at radius 1 is 1.30 bits per heavy atom. The number of H-pyrrole nitrogens is 1. The van der Waals surface area contributed by atoms with Gasteiger partial charge in [0.1, 0.15) is 0 Å². The van der Waals surface area contributed by atoms with E-state index < -0.39 is 0 Å². The number of nitrogens with one attached hydrogen (secondary N) is 1. The molecule has 1 aromatic carbocycles. The summed E-state index contributed by atoms with van der Waals surface area (Å²) in [7, 11) is 2.24. The second kappa shape index (κ2) is 4.61. The molecule has 0 spiro atoms. The standard InChI is InChI=1S/C20H29N3/c1-19(2,3)13-7-14-15-9-20(4,21)11-23(5)17(15)6-12-10-22-16(8-13)18(12)14/h7-8,10,15,17,22H,6,9,11,21H2,1-5H3/t15?,17-,20-/m1/s1. The van der Waals surface area contributed by atoms with Gasteiger partial charge in [0, 0.05) is 41.1 Å². The summed E-state index contributed by atoms with van der Waals surface area (Å²) in [5, 5.41) is 1.46. The molecule has 1 aromatic heterocycles. The predicted molar refractivity (Wildman–Crippen MR) is 97.1 cm³/mol. The normalized spacial score (nSPS) is 31.4. The smallest absolute Gasteiger partial charge is 0.0462 e. The number of aromatic nitrogens is 1. The molecule has 1 saturated heterocycles.